The Morgan fingerprint density at radius 2 is 2.00 bits per heavy atom. The van der Waals surface area contributed by atoms with Crippen LogP contribution in [0.15, 0.2) is 22.7 Å². The highest BCUT2D eigenvalue weighted by Gasteiger charge is 2.08. The summed E-state index contributed by atoms with van der Waals surface area (Å²) in [6, 6.07) is 4.56. The Kier molecular flexibility index (Phi) is 3.16. The molecule has 0 heterocycles. The van der Waals surface area contributed by atoms with Crippen molar-refractivity contribution in [2.45, 2.75) is 4.84 Å². The minimum absolute atomic E-state index is 0.302. The van der Waals surface area contributed by atoms with Crippen molar-refractivity contribution in [3.8, 4) is 0 Å². The average molecular weight is 258 g/mol. The van der Waals surface area contributed by atoms with E-state index in [1.165, 1.54) is 6.07 Å². The zero-order valence-corrected chi connectivity index (χ0v) is 8.42. The van der Waals surface area contributed by atoms with Crippen LogP contribution in [0, 0.1) is 5.82 Å². The van der Waals surface area contributed by atoms with Gasteiger partial charge in [0.1, 0.15) is 10.7 Å². The van der Waals surface area contributed by atoms with Crippen molar-refractivity contribution < 1.29 is 4.39 Å². The molecule has 0 N–H and O–H groups in total. The van der Waals surface area contributed by atoms with Gasteiger partial charge in [-0.25, -0.2) is 4.39 Å². The van der Waals surface area contributed by atoms with Gasteiger partial charge in [-0.1, -0.05) is 45.2 Å². The second kappa shape index (κ2) is 3.74. The van der Waals surface area contributed by atoms with E-state index < -0.39 is 10.7 Å². The van der Waals surface area contributed by atoms with E-state index in [1.54, 1.807) is 12.1 Å². The first-order chi connectivity index (χ1) is 5.11. The van der Waals surface area contributed by atoms with Gasteiger partial charge in [-0.05, 0) is 12.1 Å². The molecule has 1 aromatic rings. The van der Waals surface area contributed by atoms with Gasteiger partial charge < -0.3 is 0 Å². The van der Waals surface area contributed by atoms with E-state index >= 15 is 0 Å². The molecule has 11 heavy (non-hydrogen) atoms. The maximum absolute atomic E-state index is 12.9. The number of hydrogen-bond acceptors (Lipinski definition) is 0. The third-order valence-electron chi connectivity index (χ3n) is 1.20. The topological polar surface area (TPSA) is 0 Å². The van der Waals surface area contributed by atoms with E-state index in [9.17, 15) is 4.39 Å². The molecule has 0 aliphatic heterocycles. The first-order valence-corrected chi connectivity index (χ1v) is 4.51. The average Bonchev–Trinajstić information content (AvgIpc) is 1.85. The molecule has 0 radical (unpaired) electrons. The van der Waals surface area contributed by atoms with Crippen LogP contribution in [0.4, 0.5) is 4.39 Å². The molecule has 0 aliphatic carbocycles. The molecule has 0 saturated carbocycles. The fourth-order valence-corrected chi connectivity index (χ4v) is 1.37. The fraction of sp³-hybridized carbons (Fsp3) is 0.143. The molecule has 0 fully saturated rings. The Balaban J connectivity index is 3.09. The molecule has 4 heteroatoms. The van der Waals surface area contributed by atoms with Gasteiger partial charge in [0.2, 0.25) is 0 Å². The maximum Gasteiger partial charge on any atom is 0.135 e. The lowest BCUT2D eigenvalue weighted by Crippen LogP contribution is -1.87. The summed E-state index contributed by atoms with van der Waals surface area (Å²) < 4.78 is 13.6. The van der Waals surface area contributed by atoms with Crippen molar-refractivity contribution in [1.82, 2.24) is 0 Å². The van der Waals surface area contributed by atoms with Crippen molar-refractivity contribution >= 4 is 39.1 Å². The van der Waals surface area contributed by atoms with Crippen LogP contribution in [0.3, 0.4) is 0 Å². The monoisotopic (exact) mass is 256 g/mol. The largest absolute Gasteiger partial charge is 0.207 e. The van der Waals surface area contributed by atoms with E-state index in [0.717, 1.165) is 0 Å². The van der Waals surface area contributed by atoms with Crippen LogP contribution < -0.4 is 0 Å². The molecule has 1 rings (SSSR count). The van der Waals surface area contributed by atoms with Crippen molar-refractivity contribution in [1.29, 1.82) is 0 Å². The normalized spacial score (nSPS) is 10.6. The summed E-state index contributed by atoms with van der Waals surface area (Å²) in [4.78, 5) is -0.803. The number of hydrogen-bond donors (Lipinski definition) is 0. The summed E-state index contributed by atoms with van der Waals surface area (Å²) in [7, 11) is 0. The lowest BCUT2D eigenvalue weighted by Gasteiger charge is -2.02. The number of benzene rings is 1. The molecule has 0 saturated heterocycles. The molecule has 0 spiro atoms. The lowest BCUT2D eigenvalue weighted by molar-refractivity contribution is 0.615. The van der Waals surface area contributed by atoms with Gasteiger partial charge in [-0.15, -0.1) is 0 Å². The highest BCUT2D eigenvalue weighted by molar-refractivity contribution is 9.10. The van der Waals surface area contributed by atoms with Gasteiger partial charge in [-0.2, -0.15) is 0 Å². The van der Waals surface area contributed by atoms with Crippen molar-refractivity contribution in [3.05, 3.63) is 34.1 Å². The fourth-order valence-electron chi connectivity index (χ4n) is 0.678. The zero-order chi connectivity index (χ0) is 8.43. The molecule has 0 nitrogen and oxygen atoms in total. The van der Waals surface area contributed by atoms with E-state index in [0.29, 0.717) is 10.0 Å². The van der Waals surface area contributed by atoms with Gasteiger partial charge in [0.15, 0.2) is 0 Å². The molecular weight excluding hydrogens is 254 g/mol. The quantitative estimate of drug-likeness (QED) is 0.666. The van der Waals surface area contributed by atoms with E-state index in [1.807, 2.05) is 0 Å². The molecular formula is C7H4BrCl2F. The van der Waals surface area contributed by atoms with Crippen molar-refractivity contribution in [2.75, 3.05) is 0 Å². The number of rotatable bonds is 1. The second-order valence-electron chi connectivity index (χ2n) is 1.97. The smallest absolute Gasteiger partial charge is 0.135 e. The Bertz CT molecular complexity index is 263. The standard InChI is InChI=1S/C7H4BrCl2F/c8-4-1-2-5(7(9)10)6(11)3-4/h1-3,7H. The second-order valence-corrected chi connectivity index (χ2v) is 3.98. The first-order valence-electron chi connectivity index (χ1n) is 2.84. The molecule has 0 bridgehead atoms. The molecule has 60 valence electrons. The first kappa shape index (κ1) is 9.30. The maximum atomic E-state index is 12.9. The van der Waals surface area contributed by atoms with Gasteiger partial charge in [0.05, 0.1) is 0 Å². The van der Waals surface area contributed by atoms with Crippen molar-refractivity contribution in [2.24, 2.45) is 0 Å². The molecule has 0 aromatic heterocycles. The summed E-state index contributed by atoms with van der Waals surface area (Å²) in [6.45, 7) is 0. The van der Waals surface area contributed by atoms with Gasteiger partial charge in [-0.3, -0.25) is 0 Å². The molecule has 0 amide bonds. The lowest BCUT2D eigenvalue weighted by atomic mass is 10.2. The van der Waals surface area contributed by atoms with Gasteiger partial charge in [0.25, 0.3) is 0 Å². The van der Waals surface area contributed by atoms with E-state index in [4.69, 9.17) is 23.2 Å². The van der Waals surface area contributed by atoms with Crippen LogP contribution in [0.1, 0.15) is 10.4 Å². The predicted molar refractivity (Wildman–Crippen MR) is 48.5 cm³/mol. The summed E-state index contributed by atoms with van der Waals surface area (Å²) >= 11 is 14.1. The van der Waals surface area contributed by atoms with Crippen LogP contribution in [0.25, 0.3) is 0 Å². The van der Waals surface area contributed by atoms with Crippen LogP contribution in [0.2, 0.25) is 0 Å². The summed E-state index contributed by atoms with van der Waals surface area (Å²) in [5.41, 5.74) is 0.302. The summed E-state index contributed by atoms with van der Waals surface area (Å²) in [6.07, 6.45) is 0. The zero-order valence-electron chi connectivity index (χ0n) is 5.32. The molecule has 0 atom stereocenters. The van der Waals surface area contributed by atoms with Crippen LogP contribution >= 0.6 is 39.1 Å². The van der Waals surface area contributed by atoms with E-state index in [-0.39, 0.29) is 0 Å². The summed E-state index contributed by atoms with van der Waals surface area (Å²) in [5, 5.41) is 0. The minimum atomic E-state index is -0.803. The van der Waals surface area contributed by atoms with Gasteiger partial charge >= 0.3 is 0 Å². The van der Waals surface area contributed by atoms with Crippen LogP contribution in [0.5, 0.6) is 0 Å². The van der Waals surface area contributed by atoms with Crippen LogP contribution in [-0.2, 0) is 0 Å². The third kappa shape index (κ3) is 2.32. The van der Waals surface area contributed by atoms with E-state index in [2.05, 4.69) is 15.9 Å². The Hall–Kier alpha value is 0.210. The minimum Gasteiger partial charge on any atom is -0.207 e. The Morgan fingerprint density at radius 1 is 1.36 bits per heavy atom. The number of halogens is 4. The van der Waals surface area contributed by atoms with Gasteiger partial charge in [0, 0.05) is 10.0 Å². The Labute approximate surface area is 82.4 Å². The predicted octanol–water partition coefficient (Wildman–Crippen LogP) is 4.06. The highest BCUT2D eigenvalue weighted by atomic mass is 79.9. The molecule has 0 aliphatic rings. The third-order valence-corrected chi connectivity index (χ3v) is 2.16. The Morgan fingerprint density at radius 3 is 2.45 bits per heavy atom. The van der Waals surface area contributed by atoms with Crippen molar-refractivity contribution in [3.63, 3.8) is 0 Å². The number of alkyl halides is 2. The SMILES string of the molecule is Fc1cc(Br)ccc1C(Cl)Cl. The molecule has 1 aromatic carbocycles. The summed E-state index contributed by atoms with van der Waals surface area (Å²) in [5.74, 6) is -0.394. The molecule has 0 unspecified atom stereocenters. The van der Waals surface area contributed by atoms with Crippen LogP contribution in [-0.4, -0.2) is 0 Å². The highest BCUT2D eigenvalue weighted by Crippen LogP contribution is 2.28.